The molecule has 0 aliphatic carbocycles. The minimum Gasteiger partial charge on any atom is -0.342 e. The standard InChI is InChI=1S/C17H19N3O2S/c1-12-13(2)23-16(18-12)14-4-3-5-15(10-14)17(22)20-8-6-19(11-21)7-9-20/h3-5,10-11H,6-9H2,1-2H3. The molecule has 2 aromatic rings. The van der Waals surface area contributed by atoms with Gasteiger partial charge in [-0.15, -0.1) is 11.3 Å². The van der Waals surface area contributed by atoms with Crippen molar-refractivity contribution < 1.29 is 9.59 Å². The Bertz CT molecular complexity index is 714. The van der Waals surface area contributed by atoms with E-state index in [0.717, 1.165) is 22.7 Å². The van der Waals surface area contributed by atoms with Crippen LogP contribution in [0.2, 0.25) is 0 Å². The Labute approximate surface area is 139 Å². The first-order chi connectivity index (χ1) is 11.1. The molecular weight excluding hydrogens is 310 g/mol. The number of carbonyl (C=O) groups excluding carboxylic acids is 2. The summed E-state index contributed by atoms with van der Waals surface area (Å²) in [6.45, 7) is 6.41. The monoisotopic (exact) mass is 329 g/mol. The van der Waals surface area contributed by atoms with Gasteiger partial charge in [0.25, 0.3) is 5.91 Å². The summed E-state index contributed by atoms with van der Waals surface area (Å²) < 4.78 is 0. The molecule has 2 amide bonds. The van der Waals surface area contributed by atoms with Gasteiger partial charge in [-0.05, 0) is 26.0 Å². The number of rotatable bonds is 3. The number of nitrogens with zero attached hydrogens (tertiary/aromatic N) is 3. The summed E-state index contributed by atoms with van der Waals surface area (Å²) in [5, 5.41) is 0.945. The van der Waals surface area contributed by atoms with Gasteiger partial charge in [0.2, 0.25) is 6.41 Å². The molecule has 0 radical (unpaired) electrons. The van der Waals surface area contributed by atoms with E-state index in [1.54, 1.807) is 21.1 Å². The van der Waals surface area contributed by atoms with Crippen LogP contribution in [0, 0.1) is 13.8 Å². The number of aryl methyl sites for hydroxylation is 2. The number of benzene rings is 1. The van der Waals surface area contributed by atoms with Crippen molar-refractivity contribution in [2.24, 2.45) is 0 Å². The van der Waals surface area contributed by atoms with E-state index >= 15 is 0 Å². The van der Waals surface area contributed by atoms with Gasteiger partial charge in [-0.3, -0.25) is 9.59 Å². The Balaban J connectivity index is 1.79. The van der Waals surface area contributed by atoms with Gasteiger partial charge in [-0.1, -0.05) is 12.1 Å². The minimum atomic E-state index is 0.0161. The summed E-state index contributed by atoms with van der Waals surface area (Å²) in [6, 6.07) is 7.63. The summed E-state index contributed by atoms with van der Waals surface area (Å²) in [7, 11) is 0. The van der Waals surface area contributed by atoms with E-state index in [1.807, 2.05) is 31.2 Å². The Morgan fingerprint density at radius 1 is 1.22 bits per heavy atom. The maximum atomic E-state index is 12.7. The van der Waals surface area contributed by atoms with Gasteiger partial charge in [-0.25, -0.2) is 4.98 Å². The van der Waals surface area contributed by atoms with Crippen LogP contribution in [0.15, 0.2) is 24.3 Å². The molecule has 5 nitrogen and oxygen atoms in total. The first kappa shape index (κ1) is 15.7. The highest BCUT2D eigenvalue weighted by Gasteiger charge is 2.21. The van der Waals surface area contributed by atoms with Crippen LogP contribution < -0.4 is 0 Å². The molecule has 1 saturated heterocycles. The average Bonchev–Trinajstić information content (AvgIpc) is 2.93. The summed E-state index contributed by atoms with van der Waals surface area (Å²) in [5.41, 5.74) is 2.68. The van der Waals surface area contributed by atoms with Crippen molar-refractivity contribution in [3.8, 4) is 10.6 Å². The highest BCUT2D eigenvalue weighted by molar-refractivity contribution is 7.15. The van der Waals surface area contributed by atoms with Crippen molar-refractivity contribution in [2.75, 3.05) is 26.2 Å². The average molecular weight is 329 g/mol. The van der Waals surface area contributed by atoms with Gasteiger partial charge in [-0.2, -0.15) is 0 Å². The van der Waals surface area contributed by atoms with Crippen LogP contribution in [0.25, 0.3) is 10.6 Å². The molecule has 0 unspecified atom stereocenters. The fraction of sp³-hybridized carbons (Fsp3) is 0.353. The normalized spacial score (nSPS) is 14.9. The topological polar surface area (TPSA) is 53.5 Å². The second-order valence-electron chi connectivity index (χ2n) is 5.67. The fourth-order valence-corrected chi connectivity index (χ4v) is 3.51. The van der Waals surface area contributed by atoms with Crippen molar-refractivity contribution in [2.45, 2.75) is 13.8 Å². The van der Waals surface area contributed by atoms with Gasteiger partial charge in [0.1, 0.15) is 5.01 Å². The SMILES string of the molecule is Cc1nc(-c2cccc(C(=O)N3CCN(C=O)CC3)c2)sc1C. The molecule has 0 atom stereocenters. The number of amides is 2. The maximum absolute atomic E-state index is 12.7. The van der Waals surface area contributed by atoms with Crippen molar-refractivity contribution in [3.05, 3.63) is 40.4 Å². The molecular formula is C17H19N3O2S. The van der Waals surface area contributed by atoms with E-state index in [-0.39, 0.29) is 5.91 Å². The van der Waals surface area contributed by atoms with Gasteiger partial charge in [0.05, 0.1) is 5.69 Å². The zero-order chi connectivity index (χ0) is 16.4. The van der Waals surface area contributed by atoms with Crippen LogP contribution in [0.5, 0.6) is 0 Å². The predicted molar refractivity (Wildman–Crippen MR) is 90.6 cm³/mol. The number of carbonyl (C=O) groups is 2. The lowest BCUT2D eigenvalue weighted by Gasteiger charge is -2.32. The first-order valence-electron chi connectivity index (χ1n) is 7.61. The van der Waals surface area contributed by atoms with Crippen molar-refractivity contribution in [3.63, 3.8) is 0 Å². The van der Waals surface area contributed by atoms with Crippen molar-refractivity contribution >= 4 is 23.7 Å². The van der Waals surface area contributed by atoms with Crippen molar-refractivity contribution in [1.82, 2.24) is 14.8 Å². The van der Waals surface area contributed by atoms with Gasteiger partial charge < -0.3 is 9.80 Å². The van der Waals surface area contributed by atoms with Crippen LogP contribution in [0.4, 0.5) is 0 Å². The van der Waals surface area contributed by atoms with E-state index in [9.17, 15) is 9.59 Å². The number of hydrogen-bond acceptors (Lipinski definition) is 4. The molecule has 1 fully saturated rings. The third kappa shape index (κ3) is 3.27. The van der Waals surface area contributed by atoms with Gasteiger partial charge in [0.15, 0.2) is 0 Å². The zero-order valence-corrected chi connectivity index (χ0v) is 14.1. The minimum absolute atomic E-state index is 0.0161. The number of aromatic nitrogens is 1. The molecule has 120 valence electrons. The van der Waals surface area contributed by atoms with Crippen LogP contribution in [-0.2, 0) is 4.79 Å². The molecule has 1 aliphatic rings. The molecule has 0 spiro atoms. The molecule has 0 N–H and O–H groups in total. The predicted octanol–water partition coefficient (Wildman–Crippen LogP) is 2.34. The third-order valence-electron chi connectivity index (χ3n) is 4.14. The summed E-state index contributed by atoms with van der Waals surface area (Å²) >= 11 is 1.65. The van der Waals surface area contributed by atoms with E-state index in [2.05, 4.69) is 11.9 Å². The summed E-state index contributed by atoms with van der Waals surface area (Å²) in [4.78, 5) is 32.7. The fourth-order valence-electron chi connectivity index (χ4n) is 2.59. The molecule has 1 aliphatic heterocycles. The Morgan fingerprint density at radius 3 is 2.57 bits per heavy atom. The van der Waals surface area contributed by atoms with E-state index in [1.165, 1.54) is 4.88 Å². The Hall–Kier alpha value is -2.21. The molecule has 0 saturated carbocycles. The zero-order valence-electron chi connectivity index (χ0n) is 13.3. The van der Waals surface area contributed by atoms with Crippen LogP contribution in [0.1, 0.15) is 20.9 Å². The second kappa shape index (κ2) is 6.50. The highest BCUT2D eigenvalue weighted by Crippen LogP contribution is 2.28. The number of piperazine rings is 1. The first-order valence-corrected chi connectivity index (χ1v) is 8.43. The molecule has 0 bridgehead atoms. The second-order valence-corrected chi connectivity index (χ2v) is 6.88. The van der Waals surface area contributed by atoms with Crippen molar-refractivity contribution in [1.29, 1.82) is 0 Å². The van der Waals surface area contributed by atoms with E-state index in [4.69, 9.17) is 0 Å². The molecule has 6 heteroatoms. The van der Waals surface area contributed by atoms with Crippen LogP contribution >= 0.6 is 11.3 Å². The lowest BCUT2D eigenvalue weighted by molar-refractivity contribution is -0.119. The molecule has 23 heavy (non-hydrogen) atoms. The quantitative estimate of drug-likeness (QED) is 0.812. The number of thiazole rings is 1. The Morgan fingerprint density at radius 2 is 1.96 bits per heavy atom. The molecule has 1 aromatic carbocycles. The van der Waals surface area contributed by atoms with E-state index in [0.29, 0.717) is 31.7 Å². The van der Waals surface area contributed by atoms with E-state index < -0.39 is 0 Å². The third-order valence-corrected chi connectivity index (χ3v) is 5.26. The summed E-state index contributed by atoms with van der Waals surface area (Å²) in [5.74, 6) is 0.0161. The maximum Gasteiger partial charge on any atom is 0.253 e. The highest BCUT2D eigenvalue weighted by atomic mass is 32.1. The molecule has 3 rings (SSSR count). The van der Waals surface area contributed by atoms with Crippen LogP contribution in [-0.4, -0.2) is 53.3 Å². The van der Waals surface area contributed by atoms with Gasteiger partial charge >= 0.3 is 0 Å². The molecule has 2 heterocycles. The van der Waals surface area contributed by atoms with Gasteiger partial charge in [0, 0.05) is 42.2 Å². The summed E-state index contributed by atoms with van der Waals surface area (Å²) in [6.07, 6.45) is 0.843. The smallest absolute Gasteiger partial charge is 0.253 e. The lowest BCUT2D eigenvalue weighted by Crippen LogP contribution is -2.48. The molecule has 1 aromatic heterocycles. The number of hydrogen-bond donors (Lipinski definition) is 0. The largest absolute Gasteiger partial charge is 0.342 e. The lowest BCUT2D eigenvalue weighted by atomic mass is 10.1. The van der Waals surface area contributed by atoms with Crippen LogP contribution in [0.3, 0.4) is 0 Å². The Kier molecular flexibility index (Phi) is 4.43.